The Balaban J connectivity index is 1.78. The molecular formula is C20H27N3O5. The van der Waals surface area contributed by atoms with Crippen LogP contribution in [0, 0.1) is 0 Å². The van der Waals surface area contributed by atoms with E-state index in [0.717, 1.165) is 0 Å². The lowest BCUT2D eigenvalue weighted by Crippen LogP contribution is -2.61. The van der Waals surface area contributed by atoms with Gasteiger partial charge in [-0.2, -0.15) is 0 Å². The van der Waals surface area contributed by atoms with Gasteiger partial charge in [0.15, 0.2) is 0 Å². The van der Waals surface area contributed by atoms with E-state index in [0.29, 0.717) is 38.8 Å². The SMILES string of the molecule is [2H]c1c([2H])c([2H])c(CC[C@@H](N[C@@H]2CCCN3CCC[C@@H](C(=O)O)N3C2=O)C(=O)O)c([2H])c1[2H]. The maximum absolute atomic E-state index is 13.2. The van der Waals surface area contributed by atoms with Crippen LogP contribution in [0.1, 0.15) is 44.5 Å². The molecule has 8 heteroatoms. The second kappa shape index (κ2) is 9.16. The summed E-state index contributed by atoms with van der Waals surface area (Å²) in [7, 11) is 0. The number of benzene rings is 1. The zero-order valence-corrected chi connectivity index (χ0v) is 15.4. The number of rotatable bonds is 7. The van der Waals surface area contributed by atoms with Crippen LogP contribution in [0.25, 0.3) is 0 Å². The topological polar surface area (TPSA) is 110 Å². The van der Waals surface area contributed by atoms with Crippen LogP contribution in [0.5, 0.6) is 0 Å². The highest BCUT2D eigenvalue weighted by Crippen LogP contribution is 2.24. The van der Waals surface area contributed by atoms with E-state index in [9.17, 15) is 24.6 Å². The van der Waals surface area contributed by atoms with Gasteiger partial charge in [0.2, 0.25) is 0 Å². The third kappa shape index (κ3) is 4.69. The number of hydrazine groups is 1. The van der Waals surface area contributed by atoms with Crippen molar-refractivity contribution in [2.75, 3.05) is 13.1 Å². The van der Waals surface area contributed by atoms with Crippen LogP contribution < -0.4 is 5.32 Å². The molecule has 3 N–H and O–H groups in total. The summed E-state index contributed by atoms with van der Waals surface area (Å²) in [6, 6.07) is -5.41. The molecule has 3 atom stereocenters. The van der Waals surface area contributed by atoms with Gasteiger partial charge in [-0.15, -0.1) is 0 Å². The van der Waals surface area contributed by atoms with Gasteiger partial charge in [0.05, 0.1) is 12.9 Å². The minimum atomic E-state index is -1.25. The molecule has 1 aromatic carbocycles. The second-order valence-electron chi connectivity index (χ2n) is 7.03. The number of aliphatic carboxylic acids is 2. The van der Waals surface area contributed by atoms with Gasteiger partial charge in [0, 0.05) is 13.1 Å². The molecule has 0 spiro atoms. The van der Waals surface area contributed by atoms with E-state index < -0.39 is 54.1 Å². The maximum Gasteiger partial charge on any atom is 0.328 e. The monoisotopic (exact) mass is 394 g/mol. The predicted molar refractivity (Wildman–Crippen MR) is 101 cm³/mol. The Bertz CT molecular complexity index is 934. The van der Waals surface area contributed by atoms with Crippen molar-refractivity contribution in [2.24, 2.45) is 0 Å². The van der Waals surface area contributed by atoms with Crippen molar-refractivity contribution in [1.29, 1.82) is 0 Å². The number of amides is 1. The predicted octanol–water partition coefficient (Wildman–Crippen LogP) is 1.12. The first-order valence-corrected chi connectivity index (χ1v) is 9.40. The Labute approximate surface area is 171 Å². The molecule has 0 unspecified atom stereocenters. The molecule has 28 heavy (non-hydrogen) atoms. The molecule has 1 amide bonds. The summed E-state index contributed by atoms with van der Waals surface area (Å²) in [4.78, 5) is 36.8. The lowest BCUT2D eigenvalue weighted by atomic mass is 10.0. The van der Waals surface area contributed by atoms with E-state index in [-0.39, 0.29) is 30.5 Å². The number of hydrogen-bond acceptors (Lipinski definition) is 5. The van der Waals surface area contributed by atoms with Gasteiger partial charge in [-0.25, -0.2) is 9.80 Å². The van der Waals surface area contributed by atoms with Gasteiger partial charge < -0.3 is 10.2 Å². The Morgan fingerprint density at radius 3 is 2.50 bits per heavy atom. The van der Waals surface area contributed by atoms with Gasteiger partial charge in [0.1, 0.15) is 12.1 Å². The summed E-state index contributed by atoms with van der Waals surface area (Å²) in [5, 5.41) is 25.1. The highest BCUT2D eigenvalue weighted by Gasteiger charge is 2.42. The van der Waals surface area contributed by atoms with E-state index >= 15 is 0 Å². The van der Waals surface area contributed by atoms with Crippen molar-refractivity contribution in [2.45, 2.75) is 56.7 Å². The van der Waals surface area contributed by atoms with Crippen LogP contribution >= 0.6 is 0 Å². The molecule has 2 aliphatic rings. The largest absolute Gasteiger partial charge is 0.480 e. The fraction of sp³-hybridized carbons (Fsp3) is 0.550. The third-order valence-electron chi connectivity index (χ3n) is 5.15. The Morgan fingerprint density at radius 2 is 1.86 bits per heavy atom. The molecule has 8 nitrogen and oxygen atoms in total. The lowest BCUT2D eigenvalue weighted by Gasteiger charge is -2.42. The van der Waals surface area contributed by atoms with E-state index in [2.05, 4.69) is 5.32 Å². The van der Waals surface area contributed by atoms with Crippen molar-refractivity contribution in [3.63, 3.8) is 0 Å². The minimum Gasteiger partial charge on any atom is -0.480 e. The normalized spacial score (nSPS) is 26.8. The molecule has 2 aliphatic heterocycles. The number of carbonyl (C=O) groups excluding carboxylic acids is 1. The molecule has 152 valence electrons. The zero-order valence-electron chi connectivity index (χ0n) is 20.4. The zero-order chi connectivity index (χ0) is 24.4. The maximum atomic E-state index is 13.2. The average Bonchev–Trinajstić information content (AvgIpc) is 2.93. The summed E-state index contributed by atoms with van der Waals surface area (Å²) >= 11 is 0. The van der Waals surface area contributed by atoms with Crippen LogP contribution in [-0.2, 0) is 20.8 Å². The van der Waals surface area contributed by atoms with Crippen LogP contribution in [0.3, 0.4) is 0 Å². The molecule has 2 saturated heterocycles. The fourth-order valence-corrected chi connectivity index (χ4v) is 3.76. The number of carbonyl (C=O) groups is 3. The van der Waals surface area contributed by atoms with Gasteiger partial charge in [-0.1, -0.05) is 30.2 Å². The molecule has 0 radical (unpaired) electrons. The molecule has 0 aromatic heterocycles. The number of carboxylic acid groups (broad SMARTS) is 2. The number of nitrogens with zero attached hydrogens (tertiary/aromatic N) is 2. The molecular weight excluding hydrogens is 362 g/mol. The van der Waals surface area contributed by atoms with Crippen molar-refractivity contribution in [3.8, 4) is 0 Å². The number of nitrogens with one attached hydrogen (secondary N) is 1. The Morgan fingerprint density at radius 1 is 1.18 bits per heavy atom. The van der Waals surface area contributed by atoms with Gasteiger partial charge >= 0.3 is 11.9 Å². The molecule has 1 aromatic rings. The number of hydrogen-bond donors (Lipinski definition) is 3. The summed E-state index contributed by atoms with van der Waals surface area (Å²) in [5.41, 5.74) is 0.00869. The number of fused-ring (bicyclic) bond motifs is 1. The molecule has 3 rings (SSSR count). The summed E-state index contributed by atoms with van der Waals surface area (Å²) in [6.45, 7) is 1.05. The van der Waals surface area contributed by atoms with E-state index in [1.165, 1.54) is 5.01 Å². The lowest BCUT2D eigenvalue weighted by molar-refractivity contribution is -0.174. The number of carboxylic acids is 2. The van der Waals surface area contributed by atoms with Gasteiger partial charge in [0.25, 0.3) is 5.91 Å². The standard InChI is InChI=1S/C20H27N3O5/c24-18-15(8-4-12-22-13-5-9-17(20(27)28)23(18)22)21-16(19(25)26)11-10-14-6-2-1-3-7-14/h1-3,6-7,15-17,21H,4-5,8-13H2,(H,25,26)(H,27,28)/t15-,16-,17+/m1/s1/i1D,2D,3D,6D,7D. The van der Waals surface area contributed by atoms with Crippen LogP contribution in [-0.4, -0.2) is 69.3 Å². The quantitative estimate of drug-likeness (QED) is 0.635. The molecule has 0 aliphatic carbocycles. The fourth-order valence-electron chi connectivity index (χ4n) is 3.76. The van der Waals surface area contributed by atoms with Gasteiger partial charge in [-0.3, -0.25) is 19.9 Å². The summed E-state index contributed by atoms with van der Waals surface area (Å²) in [5.74, 6) is -2.84. The van der Waals surface area contributed by atoms with Crippen LogP contribution in [0.2, 0.25) is 0 Å². The van der Waals surface area contributed by atoms with E-state index in [1.807, 2.05) is 0 Å². The molecule has 0 bridgehead atoms. The van der Waals surface area contributed by atoms with E-state index in [1.54, 1.807) is 5.01 Å². The first-order chi connectivity index (χ1) is 15.5. The highest BCUT2D eigenvalue weighted by molar-refractivity contribution is 5.87. The van der Waals surface area contributed by atoms with Crippen molar-refractivity contribution in [3.05, 3.63) is 35.8 Å². The van der Waals surface area contributed by atoms with Crippen molar-refractivity contribution in [1.82, 2.24) is 15.3 Å². The second-order valence-corrected chi connectivity index (χ2v) is 7.03. The molecule has 2 fully saturated rings. The van der Waals surface area contributed by atoms with Gasteiger partial charge in [-0.05, 0) is 44.1 Å². The average molecular weight is 394 g/mol. The first kappa shape index (κ1) is 14.5. The molecule has 0 saturated carbocycles. The van der Waals surface area contributed by atoms with Crippen LogP contribution in [0.4, 0.5) is 0 Å². The first-order valence-electron chi connectivity index (χ1n) is 11.9. The van der Waals surface area contributed by atoms with Crippen molar-refractivity contribution < 1.29 is 31.5 Å². The minimum absolute atomic E-state index is 0.00869. The van der Waals surface area contributed by atoms with Crippen molar-refractivity contribution >= 4 is 17.8 Å². The third-order valence-corrected chi connectivity index (χ3v) is 5.15. The summed E-state index contributed by atoms with van der Waals surface area (Å²) in [6.07, 6.45) is 1.66. The van der Waals surface area contributed by atoms with Crippen LogP contribution in [0.15, 0.2) is 30.2 Å². The van der Waals surface area contributed by atoms with E-state index in [4.69, 9.17) is 6.85 Å². The Hall–Kier alpha value is -2.45. The summed E-state index contributed by atoms with van der Waals surface area (Å²) < 4.78 is 39.2. The highest BCUT2D eigenvalue weighted by atomic mass is 16.4. The Kier molecular flexibility index (Phi) is 4.76. The smallest absolute Gasteiger partial charge is 0.328 e. The molecule has 2 heterocycles.